The van der Waals surface area contributed by atoms with Crippen molar-refractivity contribution in [2.45, 2.75) is 11.4 Å². The summed E-state index contributed by atoms with van der Waals surface area (Å²) in [5.41, 5.74) is 0.767. The molecule has 0 N–H and O–H groups in total. The number of hydrogen-bond acceptors (Lipinski definition) is 6. The van der Waals surface area contributed by atoms with Gasteiger partial charge in [0.05, 0.1) is 4.92 Å². The highest BCUT2D eigenvalue weighted by Gasteiger charge is 2.27. The van der Waals surface area contributed by atoms with Crippen molar-refractivity contribution in [3.63, 3.8) is 0 Å². The molecule has 0 aliphatic rings. The third kappa shape index (κ3) is 3.40. The van der Waals surface area contributed by atoms with Crippen LogP contribution in [0.4, 0.5) is 11.4 Å². The summed E-state index contributed by atoms with van der Waals surface area (Å²) < 4.78 is 23.5. The van der Waals surface area contributed by atoms with Crippen molar-refractivity contribution in [2.24, 2.45) is 0 Å². The Labute approximate surface area is 128 Å². The Morgan fingerprint density at radius 3 is 2.41 bits per heavy atom. The maximum absolute atomic E-state index is 11.8. The molecule has 0 aliphatic carbocycles. The van der Waals surface area contributed by atoms with Crippen molar-refractivity contribution >= 4 is 21.2 Å². The van der Waals surface area contributed by atoms with Crippen molar-refractivity contribution in [1.82, 2.24) is 4.98 Å². The number of aromatic nitrogens is 1. The molecule has 7 nitrogen and oxygen atoms in total. The SMILES string of the molecule is CN(Cc1ccncc1)c1cccc(S(C)(=O)=O)c1[N+](=O)[O-]. The van der Waals surface area contributed by atoms with Crippen LogP contribution in [0.3, 0.4) is 0 Å². The first-order chi connectivity index (χ1) is 10.3. The highest BCUT2D eigenvalue weighted by Crippen LogP contribution is 2.34. The Hall–Kier alpha value is -2.48. The van der Waals surface area contributed by atoms with E-state index in [-0.39, 0.29) is 10.6 Å². The molecule has 0 amide bonds. The molecule has 0 aliphatic heterocycles. The van der Waals surface area contributed by atoms with Gasteiger partial charge in [-0.3, -0.25) is 15.1 Å². The van der Waals surface area contributed by atoms with Gasteiger partial charge in [0.25, 0.3) is 0 Å². The summed E-state index contributed by atoms with van der Waals surface area (Å²) in [6.45, 7) is 0.399. The van der Waals surface area contributed by atoms with Gasteiger partial charge in [0.2, 0.25) is 0 Å². The lowest BCUT2D eigenvalue weighted by atomic mass is 10.2. The van der Waals surface area contributed by atoms with Gasteiger partial charge in [0, 0.05) is 32.2 Å². The van der Waals surface area contributed by atoms with Gasteiger partial charge in [0.15, 0.2) is 9.84 Å². The number of nitrogens with zero attached hydrogens (tertiary/aromatic N) is 3. The van der Waals surface area contributed by atoms with Crippen molar-refractivity contribution in [3.8, 4) is 0 Å². The van der Waals surface area contributed by atoms with Crippen LogP contribution in [-0.2, 0) is 16.4 Å². The molecule has 2 aromatic rings. The Morgan fingerprint density at radius 2 is 1.86 bits per heavy atom. The van der Waals surface area contributed by atoms with Crippen LogP contribution in [-0.4, -0.2) is 31.6 Å². The fourth-order valence-electron chi connectivity index (χ4n) is 2.15. The number of rotatable bonds is 5. The smallest absolute Gasteiger partial charge is 0.311 e. The molecule has 0 atom stereocenters. The van der Waals surface area contributed by atoms with Crippen molar-refractivity contribution < 1.29 is 13.3 Å². The molecule has 116 valence electrons. The lowest BCUT2D eigenvalue weighted by Gasteiger charge is -2.20. The summed E-state index contributed by atoms with van der Waals surface area (Å²) in [5.74, 6) is 0. The van der Waals surface area contributed by atoms with E-state index >= 15 is 0 Å². The predicted molar refractivity (Wildman–Crippen MR) is 82.6 cm³/mol. The second-order valence-corrected chi connectivity index (χ2v) is 6.85. The summed E-state index contributed by atoms with van der Waals surface area (Å²) in [6.07, 6.45) is 4.22. The number of nitro benzene ring substituents is 1. The first-order valence-electron chi connectivity index (χ1n) is 6.38. The standard InChI is InChI=1S/C14H15N3O4S/c1-16(10-11-6-8-15-9-7-11)12-4-3-5-13(22(2,20)21)14(12)17(18)19/h3-9H,10H2,1-2H3. The third-order valence-corrected chi connectivity index (χ3v) is 4.27. The second kappa shape index (κ2) is 6.10. The number of benzene rings is 1. The van der Waals surface area contributed by atoms with E-state index in [1.807, 2.05) is 0 Å². The Morgan fingerprint density at radius 1 is 1.23 bits per heavy atom. The van der Waals surface area contributed by atoms with Crippen LogP contribution < -0.4 is 4.90 Å². The van der Waals surface area contributed by atoms with Gasteiger partial charge in [-0.15, -0.1) is 0 Å². The zero-order valence-corrected chi connectivity index (χ0v) is 12.9. The third-order valence-electron chi connectivity index (χ3n) is 3.14. The molecule has 8 heteroatoms. The van der Waals surface area contributed by atoms with E-state index in [2.05, 4.69) is 4.98 Å². The molecular formula is C14H15N3O4S. The Kier molecular flexibility index (Phi) is 4.41. The minimum absolute atomic E-state index is 0.254. The normalized spacial score (nSPS) is 11.2. The van der Waals surface area contributed by atoms with Gasteiger partial charge in [-0.2, -0.15) is 0 Å². The van der Waals surface area contributed by atoms with Crippen molar-refractivity contribution in [3.05, 3.63) is 58.4 Å². The summed E-state index contributed by atoms with van der Waals surface area (Å²) in [4.78, 5) is 16.0. The minimum atomic E-state index is -3.69. The first kappa shape index (κ1) is 15.9. The molecule has 0 spiro atoms. The maximum Gasteiger partial charge on any atom is 0.311 e. The molecule has 0 unspecified atom stereocenters. The second-order valence-electron chi connectivity index (χ2n) is 4.86. The molecule has 1 heterocycles. The summed E-state index contributed by atoms with van der Waals surface area (Å²) >= 11 is 0. The number of para-hydroxylation sites is 1. The Balaban J connectivity index is 2.49. The fourth-order valence-corrected chi connectivity index (χ4v) is 3.00. The minimum Gasteiger partial charge on any atom is -0.365 e. The molecular weight excluding hydrogens is 306 g/mol. The van der Waals surface area contributed by atoms with E-state index < -0.39 is 20.4 Å². The first-order valence-corrected chi connectivity index (χ1v) is 8.27. The van der Waals surface area contributed by atoms with Gasteiger partial charge in [-0.25, -0.2) is 8.42 Å². The summed E-state index contributed by atoms with van der Waals surface area (Å²) in [6, 6.07) is 7.87. The van der Waals surface area contributed by atoms with Crippen LogP contribution in [0.1, 0.15) is 5.56 Å². The van der Waals surface area contributed by atoms with E-state index in [0.29, 0.717) is 6.54 Å². The number of nitro groups is 1. The molecule has 0 radical (unpaired) electrons. The molecule has 1 aromatic heterocycles. The molecule has 0 bridgehead atoms. The predicted octanol–water partition coefficient (Wildman–Crippen LogP) is 2.03. The van der Waals surface area contributed by atoms with E-state index in [0.717, 1.165) is 11.8 Å². The zero-order valence-electron chi connectivity index (χ0n) is 12.1. The molecule has 0 saturated heterocycles. The lowest BCUT2D eigenvalue weighted by molar-refractivity contribution is -0.387. The zero-order chi connectivity index (χ0) is 16.3. The average molecular weight is 321 g/mol. The number of pyridine rings is 1. The van der Waals surface area contributed by atoms with E-state index in [1.54, 1.807) is 36.5 Å². The van der Waals surface area contributed by atoms with Crippen LogP contribution in [0.15, 0.2) is 47.6 Å². The van der Waals surface area contributed by atoms with Gasteiger partial charge in [-0.05, 0) is 29.8 Å². The monoisotopic (exact) mass is 321 g/mol. The van der Waals surface area contributed by atoms with Crippen LogP contribution >= 0.6 is 0 Å². The number of sulfone groups is 1. The topological polar surface area (TPSA) is 93.4 Å². The number of hydrogen-bond donors (Lipinski definition) is 0. The van der Waals surface area contributed by atoms with Gasteiger partial charge in [0.1, 0.15) is 10.6 Å². The molecule has 0 saturated carbocycles. The van der Waals surface area contributed by atoms with Crippen molar-refractivity contribution in [2.75, 3.05) is 18.2 Å². The quantitative estimate of drug-likeness (QED) is 0.618. The summed E-state index contributed by atoms with van der Waals surface area (Å²) in [7, 11) is -2.01. The molecule has 22 heavy (non-hydrogen) atoms. The van der Waals surface area contributed by atoms with E-state index in [9.17, 15) is 18.5 Å². The van der Waals surface area contributed by atoms with Crippen LogP contribution in [0, 0.1) is 10.1 Å². The van der Waals surface area contributed by atoms with Crippen LogP contribution in [0.25, 0.3) is 0 Å². The lowest BCUT2D eigenvalue weighted by Crippen LogP contribution is -2.18. The highest BCUT2D eigenvalue weighted by atomic mass is 32.2. The average Bonchev–Trinajstić information content (AvgIpc) is 2.46. The van der Waals surface area contributed by atoms with Crippen LogP contribution in [0.5, 0.6) is 0 Å². The fraction of sp³-hybridized carbons (Fsp3) is 0.214. The van der Waals surface area contributed by atoms with E-state index in [1.165, 1.54) is 18.2 Å². The van der Waals surface area contributed by atoms with Gasteiger partial charge in [-0.1, -0.05) is 6.07 Å². The van der Waals surface area contributed by atoms with Crippen LogP contribution in [0.2, 0.25) is 0 Å². The molecule has 2 rings (SSSR count). The largest absolute Gasteiger partial charge is 0.365 e. The van der Waals surface area contributed by atoms with Gasteiger partial charge >= 0.3 is 5.69 Å². The molecule has 1 aromatic carbocycles. The van der Waals surface area contributed by atoms with Gasteiger partial charge < -0.3 is 4.90 Å². The highest BCUT2D eigenvalue weighted by molar-refractivity contribution is 7.90. The Bertz CT molecular complexity index is 791. The van der Waals surface area contributed by atoms with Crippen molar-refractivity contribution in [1.29, 1.82) is 0 Å². The summed E-state index contributed by atoms with van der Waals surface area (Å²) in [5, 5.41) is 11.4. The number of anilines is 1. The molecule has 0 fully saturated rings. The maximum atomic E-state index is 11.8. The van der Waals surface area contributed by atoms with E-state index in [4.69, 9.17) is 0 Å².